The van der Waals surface area contributed by atoms with E-state index in [-0.39, 0.29) is 16.9 Å². The highest BCUT2D eigenvalue weighted by Gasteiger charge is 2.05. The molecule has 2 aromatic rings. The summed E-state index contributed by atoms with van der Waals surface area (Å²) >= 11 is 11.5. The number of nitrogens with one attached hydrogen (secondary N) is 1. The second-order valence-corrected chi connectivity index (χ2v) is 4.45. The molecule has 1 N–H and O–H groups in total. The predicted molar refractivity (Wildman–Crippen MR) is 73.6 cm³/mol. The number of benzene rings is 1. The molecule has 1 heterocycles. The van der Waals surface area contributed by atoms with E-state index in [9.17, 15) is 4.79 Å². The predicted octanol–water partition coefficient (Wildman–Crippen LogP) is 3.68. The minimum Gasteiger partial charge on any atom is -0.410 e. The summed E-state index contributed by atoms with van der Waals surface area (Å²) in [5.74, 6) is 0.478. The Morgan fingerprint density at radius 2 is 1.79 bits per heavy atom. The fourth-order valence-corrected chi connectivity index (χ4v) is 1.93. The van der Waals surface area contributed by atoms with Crippen molar-refractivity contribution in [3.05, 3.63) is 58.3 Å². The number of rotatable bonds is 3. The summed E-state index contributed by atoms with van der Waals surface area (Å²) in [6.45, 7) is 0.258. The molecule has 0 aliphatic rings. The van der Waals surface area contributed by atoms with Crippen LogP contribution in [-0.2, 0) is 6.54 Å². The highest BCUT2D eigenvalue weighted by molar-refractivity contribution is 6.32. The highest BCUT2D eigenvalue weighted by Crippen LogP contribution is 2.14. The molecule has 98 valence electrons. The number of pyridine rings is 1. The molecule has 1 amide bonds. The molecule has 4 nitrogen and oxygen atoms in total. The maximum atomic E-state index is 11.5. The van der Waals surface area contributed by atoms with E-state index in [1.54, 1.807) is 36.4 Å². The molecule has 0 spiro atoms. The minimum absolute atomic E-state index is 0.258. The molecule has 0 aliphatic carbocycles. The number of carbonyl (C=O) groups is 1. The standard InChI is InChI=1S/C13H10Cl2N2O2/c14-11-6-9(7-12(15)17-11)8-16-13(18)19-10-4-2-1-3-5-10/h1-7H,8H2,(H,16,18). The normalized spacial score (nSPS) is 10.0. The van der Waals surface area contributed by atoms with E-state index in [0.717, 1.165) is 5.56 Å². The quantitative estimate of drug-likeness (QED) is 0.879. The van der Waals surface area contributed by atoms with Gasteiger partial charge in [0.15, 0.2) is 0 Å². The van der Waals surface area contributed by atoms with Crippen LogP contribution in [0.25, 0.3) is 0 Å². The summed E-state index contributed by atoms with van der Waals surface area (Å²) < 4.78 is 5.06. The van der Waals surface area contributed by atoms with E-state index in [4.69, 9.17) is 27.9 Å². The molecular weight excluding hydrogens is 287 g/mol. The Morgan fingerprint density at radius 3 is 2.42 bits per heavy atom. The Labute approximate surface area is 120 Å². The number of carbonyl (C=O) groups excluding carboxylic acids is 1. The molecule has 0 unspecified atom stereocenters. The molecule has 0 aliphatic heterocycles. The third kappa shape index (κ3) is 4.43. The summed E-state index contributed by atoms with van der Waals surface area (Å²) in [6.07, 6.45) is -0.546. The smallest absolute Gasteiger partial charge is 0.410 e. The number of hydrogen-bond donors (Lipinski definition) is 1. The van der Waals surface area contributed by atoms with E-state index in [2.05, 4.69) is 10.3 Å². The van der Waals surface area contributed by atoms with Gasteiger partial charge in [-0.05, 0) is 29.8 Å². The molecule has 0 fully saturated rings. The van der Waals surface area contributed by atoms with Gasteiger partial charge in [0.1, 0.15) is 16.1 Å². The fraction of sp³-hybridized carbons (Fsp3) is 0.0769. The summed E-state index contributed by atoms with van der Waals surface area (Å²) in [7, 11) is 0. The van der Waals surface area contributed by atoms with Crippen molar-refractivity contribution in [3.8, 4) is 5.75 Å². The molecule has 2 rings (SSSR count). The van der Waals surface area contributed by atoms with Crippen LogP contribution in [0.3, 0.4) is 0 Å². The average Bonchev–Trinajstić information content (AvgIpc) is 2.36. The van der Waals surface area contributed by atoms with Crippen molar-refractivity contribution < 1.29 is 9.53 Å². The Bertz CT molecular complexity index is 556. The van der Waals surface area contributed by atoms with Gasteiger partial charge in [-0.15, -0.1) is 0 Å². The summed E-state index contributed by atoms with van der Waals surface area (Å²) in [5.41, 5.74) is 0.745. The number of nitrogens with zero attached hydrogens (tertiary/aromatic N) is 1. The van der Waals surface area contributed by atoms with Crippen LogP contribution in [0.1, 0.15) is 5.56 Å². The largest absolute Gasteiger partial charge is 0.412 e. The van der Waals surface area contributed by atoms with Gasteiger partial charge in [-0.1, -0.05) is 41.4 Å². The van der Waals surface area contributed by atoms with Crippen molar-refractivity contribution in [3.63, 3.8) is 0 Å². The van der Waals surface area contributed by atoms with Crippen LogP contribution in [0.15, 0.2) is 42.5 Å². The van der Waals surface area contributed by atoms with E-state index in [1.807, 2.05) is 6.07 Å². The molecule has 1 aromatic heterocycles. The van der Waals surface area contributed by atoms with Crippen LogP contribution in [-0.4, -0.2) is 11.1 Å². The van der Waals surface area contributed by atoms with Crippen LogP contribution in [0, 0.1) is 0 Å². The van der Waals surface area contributed by atoms with E-state index < -0.39 is 6.09 Å². The van der Waals surface area contributed by atoms with Crippen LogP contribution >= 0.6 is 23.2 Å². The summed E-state index contributed by atoms with van der Waals surface area (Å²) in [4.78, 5) is 15.4. The van der Waals surface area contributed by atoms with Gasteiger partial charge >= 0.3 is 6.09 Å². The van der Waals surface area contributed by atoms with Gasteiger partial charge in [-0.25, -0.2) is 9.78 Å². The number of hydrogen-bond acceptors (Lipinski definition) is 3. The number of para-hydroxylation sites is 1. The summed E-state index contributed by atoms with van der Waals surface area (Å²) in [5, 5.41) is 3.15. The van der Waals surface area contributed by atoms with Gasteiger partial charge in [0.25, 0.3) is 0 Å². The zero-order valence-corrected chi connectivity index (χ0v) is 11.3. The molecule has 1 aromatic carbocycles. The van der Waals surface area contributed by atoms with Crippen molar-refractivity contribution in [2.75, 3.05) is 0 Å². The molecule has 6 heteroatoms. The first-order chi connectivity index (χ1) is 9.13. The van der Waals surface area contributed by atoms with Gasteiger partial charge in [0, 0.05) is 6.54 Å². The van der Waals surface area contributed by atoms with Crippen molar-refractivity contribution in [2.45, 2.75) is 6.54 Å². The van der Waals surface area contributed by atoms with Gasteiger partial charge in [0.2, 0.25) is 0 Å². The Hall–Kier alpha value is -1.78. The maximum absolute atomic E-state index is 11.5. The topological polar surface area (TPSA) is 51.2 Å². The minimum atomic E-state index is -0.546. The molecule has 0 saturated heterocycles. The highest BCUT2D eigenvalue weighted by atomic mass is 35.5. The molecule has 19 heavy (non-hydrogen) atoms. The second kappa shape index (κ2) is 6.41. The van der Waals surface area contributed by atoms with Gasteiger partial charge in [-0.2, -0.15) is 0 Å². The third-order valence-corrected chi connectivity index (χ3v) is 2.60. The van der Waals surface area contributed by atoms with Crippen LogP contribution in [0.4, 0.5) is 4.79 Å². The van der Waals surface area contributed by atoms with Crippen molar-refractivity contribution in [2.24, 2.45) is 0 Å². The second-order valence-electron chi connectivity index (χ2n) is 3.68. The monoisotopic (exact) mass is 296 g/mol. The first-order valence-electron chi connectivity index (χ1n) is 5.46. The lowest BCUT2D eigenvalue weighted by Crippen LogP contribution is -2.26. The number of aromatic nitrogens is 1. The van der Waals surface area contributed by atoms with Crippen molar-refractivity contribution in [1.82, 2.24) is 10.3 Å². The number of ether oxygens (including phenoxy) is 1. The SMILES string of the molecule is O=C(NCc1cc(Cl)nc(Cl)c1)Oc1ccccc1. The Morgan fingerprint density at radius 1 is 1.16 bits per heavy atom. The number of amides is 1. The zero-order valence-electron chi connectivity index (χ0n) is 9.77. The third-order valence-electron chi connectivity index (χ3n) is 2.21. The average molecular weight is 297 g/mol. The molecule has 0 saturated carbocycles. The molecule has 0 atom stereocenters. The van der Waals surface area contributed by atoms with Crippen LogP contribution < -0.4 is 10.1 Å². The molecule has 0 radical (unpaired) electrons. The Balaban J connectivity index is 1.90. The lowest BCUT2D eigenvalue weighted by molar-refractivity contribution is 0.200. The lowest BCUT2D eigenvalue weighted by Gasteiger charge is -2.07. The van der Waals surface area contributed by atoms with Gasteiger partial charge in [-0.3, -0.25) is 0 Å². The summed E-state index contributed by atoms with van der Waals surface area (Å²) in [6, 6.07) is 12.0. The van der Waals surface area contributed by atoms with Crippen molar-refractivity contribution in [1.29, 1.82) is 0 Å². The zero-order chi connectivity index (χ0) is 13.7. The first kappa shape index (κ1) is 13.6. The van der Waals surface area contributed by atoms with Gasteiger partial charge < -0.3 is 10.1 Å². The molecular formula is C13H10Cl2N2O2. The van der Waals surface area contributed by atoms with Crippen LogP contribution in [0.2, 0.25) is 10.3 Å². The van der Waals surface area contributed by atoms with E-state index >= 15 is 0 Å². The fourth-order valence-electron chi connectivity index (χ4n) is 1.42. The lowest BCUT2D eigenvalue weighted by atomic mass is 10.3. The van der Waals surface area contributed by atoms with Gasteiger partial charge in [0.05, 0.1) is 0 Å². The number of halogens is 2. The first-order valence-corrected chi connectivity index (χ1v) is 6.22. The Kier molecular flexibility index (Phi) is 4.60. The van der Waals surface area contributed by atoms with E-state index in [0.29, 0.717) is 5.75 Å². The van der Waals surface area contributed by atoms with Crippen LogP contribution in [0.5, 0.6) is 5.75 Å². The molecule has 0 bridgehead atoms. The van der Waals surface area contributed by atoms with E-state index in [1.165, 1.54) is 0 Å². The van der Waals surface area contributed by atoms with Crippen molar-refractivity contribution >= 4 is 29.3 Å². The maximum Gasteiger partial charge on any atom is 0.412 e.